The number of allylic oxidation sites excluding steroid dienone is 1. The molecule has 12 atom stereocenters. The molecule has 0 aromatic heterocycles. The zero-order valence-electron chi connectivity index (χ0n) is 28.1. The molecule has 11 nitrogen and oxygen atoms in total. The second kappa shape index (κ2) is 14.2. The molecule has 0 aliphatic carbocycles. The lowest BCUT2D eigenvalue weighted by Gasteiger charge is -2.45. The lowest BCUT2D eigenvalue weighted by atomic mass is 9.72. The SMILES string of the molecule is CC[C@H]1O/C2=C(\C)C(=O)[C@H](C)[C@@H](OC3O[C@H](C)C[C@H](N(C)C)[C@H]3O)C[C@@](C)(OC)[C@@H](C)C(=O)[C@H](C)[C@@H](NCCN)[C@@]1(C)O2. The van der Waals surface area contributed by atoms with Gasteiger partial charge in [-0.15, -0.1) is 0 Å². The number of aliphatic hydroxyl groups is 1. The van der Waals surface area contributed by atoms with E-state index in [4.69, 9.17) is 29.4 Å². The molecular formula is C32H57N3O8. The molecule has 2 saturated heterocycles. The number of nitrogens with one attached hydrogen (secondary N) is 1. The van der Waals surface area contributed by atoms with Crippen molar-refractivity contribution in [3.63, 3.8) is 0 Å². The summed E-state index contributed by atoms with van der Waals surface area (Å²) in [5, 5.41) is 14.7. The molecular weight excluding hydrogens is 554 g/mol. The third-order valence-corrected chi connectivity index (χ3v) is 10.3. The minimum Gasteiger partial charge on any atom is -0.458 e. The van der Waals surface area contributed by atoms with E-state index in [0.29, 0.717) is 31.5 Å². The third kappa shape index (κ3) is 7.13. The average molecular weight is 612 g/mol. The van der Waals surface area contributed by atoms with Gasteiger partial charge in [0.05, 0.1) is 29.4 Å². The molecule has 3 aliphatic heterocycles. The Morgan fingerprint density at radius 1 is 1.14 bits per heavy atom. The molecule has 1 unspecified atom stereocenters. The molecule has 0 radical (unpaired) electrons. The van der Waals surface area contributed by atoms with Crippen LogP contribution >= 0.6 is 0 Å². The third-order valence-electron chi connectivity index (χ3n) is 10.3. The van der Waals surface area contributed by atoms with Crippen molar-refractivity contribution in [1.82, 2.24) is 10.2 Å². The Labute approximate surface area is 258 Å². The number of carbonyl (C=O) groups is 2. The number of nitrogens with two attached hydrogens (primary N) is 1. The van der Waals surface area contributed by atoms with Gasteiger partial charge >= 0.3 is 0 Å². The highest BCUT2D eigenvalue weighted by Crippen LogP contribution is 2.43. The number of hydrogen-bond donors (Lipinski definition) is 3. The molecule has 43 heavy (non-hydrogen) atoms. The summed E-state index contributed by atoms with van der Waals surface area (Å²) < 4.78 is 31.6. The number of ether oxygens (including phenoxy) is 5. The molecule has 0 spiro atoms. The van der Waals surface area contributed by atoms with Gasteiger partial charge < -0.3 is 44.7 Å². The second-order valence-corrected chi connectivity index (χ2v) is 13.5. The first-order chi connectivity index (χ1) is 20.1. The molecule has 0 aromatic carbocycles. The smallest absolute Gasteiger partial charge is 0.287 e. The van der Waals surface area contributed by atoms with Crippen LogP contribution in [-0.4, -0.2) is 110 Å². The quantitative estimate of drug-likeness (QED) is 0.372. The standard InChI is InChI=1S/C32H57N3O8/c1-12-24-32(8)28(34-14-13-33)19(4)26(37)21(6)31(7,39-11)16-23(18(3)25(36)20(5)29(42-24)43-32)41-30-27(38)22(35(9)10)15-17(2)40-30/h17-19,21-24,27-28,30,34,38H,12-16,33H2,1-11H3/b29-20-/t17-,18-,19+,21+,22+,23+,24-,27-,28-,30?,31-,32+/m1/s1. The van der Waals surface area contributed by atoms with E-state index >= 15 is 0 Å². The van der Waals surface area contributed by atoms with Gasteiger partial charge in [-0.25, -0.2) is 0 Å². The maximum absolute atomic E-state index is 14.3. The molecule has 11 heteroatoms. The fraction of sp³-hybridized carbons (Fsp3) is 0.875. The van der Waals surface area contributed by atoms with Crippen LogP contribution in [-0.2, 0) is 33.3 Å². The Morgan fingerprint density at radius 2 is 1.79 bits per heavy atom. The van der Waals surface area contributed by atoms with Crippen LogP contribution in [0.2, 0.25) is 0 Å². The molecule has 3 heterocycles. The summed E-state index contributed by atoms with van der Waals surface area (Å²) in [6, 6.07) is -0.631. The second-order valence-electron chi connectivity index (χ2n) is 13.5. The van der Waals surface area contributed by atoms with Crippen LogP contribution < -0.4 is 11.1 Å². The molecule has 2 bridgehead atoms. The molecule has 0 saturated carbocycles. The van der Waals surface area contributed by atoms with E-state index in [9.17, 15) is 14.7 Å². The fourth-order valence-corrected chi connectivity index (χ4v) is 7.04. The van der Waals surface area contributed by atoms with Crippen LogP contribution in [0.1, 0.15) is 74.7 Å². The number of fused-ring (bicyclic) bond motifs is 2. The normalized spacial score (nSPS) is 44.8. The van der Waals surface area contributed by atoms with Crippen LogP contribution in [0.25, 0.3) is 0 Å². The van der Waals surface area contributed by atoms with E-state index in [1.54, 1.807) is 21.0 Å². The van der Waals surface area contributed by atoms with E-state index in [-0.39, 0.29) is 36.1 Å². The fourth-order valence-electron chi connectivity index (χ4n) is 7.04. The van der Waals surface area contributed by atoms with Gasteiger partial charge in [-0.3, -0.25) is 9.59 Å². The Morgan fingerprint density at radius 3 is 2.35 bits per heavy atom. The molecule has 0 aromatic rings. The monoisotopic (exact) mass is 611 g/mol. The molecule has 0 amide bonds. The Bertz CT molecular complexity index is 1020. The summed E-state index contributed by atoms with van der Waals surface area (Å²) in [5.74, 6) is -1.83. The Balaban J connectivity index is 2.13. The van der Waals surface area contributed by atoms with Crippen molar-refractivity contribution >= 4 is 11.6 Å². The van der Waals surface area contributed by atoms with E-state index < -0.39 is 59.6 Å². The predicted octanol–water partition coefficient (Wildman–Crippen LogP) is 2.39. The minimum absolute atomic E-state index is 0.0140. The summed E-state index contributed by atoms with van der Waals surface area (Å²) in [5.41, 5.74) is 4.28. The van der Waals surface area contributed by atoms with Crippen molar-refractivity contribution in [2.24, 2.45) is 23.5 Å². The van der Waals surface area contributed by atoms with Gasteiger partial charge in [-0.05, 0) is 54.6 Å². The minimum atomic E-state index is -0.994. The summed E-state index contributed by atoms with van der Waals surface area (Å²) in [4.78, 5) is 30.4. The number of rotatable bonds is 8. The first-order valence-electron chi connectivity index (χ1n) is 15.8. The number of hydrogen-bond acceptors (Lipinski definition) is 11. The summed E-state index contributed by atoms with van der Waals surface area (Å²) in [6.07, 6.45) is -1.77. The Kier molecular flexibility index (Phi) is 11.9. The van der Waals surface area contributed by atoms with E-state index in [1.165, 1.54) is 0 Å². The highest BCUT2D eigenvalue weighted by atomic mass is 16.7. The number of ketones is 2. The van der Waals surface area contributed by atoms with Crippen molar-refractivity contribution in [3.05, 3.63) is 11.5 Å². The molecule has 248 valence electrons. The van der Waals surface area contributed by atoms with Crippen LogP contribution in [0.5, 0.6) is 0 Å². The van der Waals surface area contributed by atoms with Gasteiger partial charge in [-0.1, -0.05) is 27.7 Å². The highest BCUT2D eigenvalue weighted by molar-refractivity contribution is 5.97. The van der Waals surface area contributed by atoms with Gasteiger partial charge in [-0.2, -0.15) is 0 Å². The van der Waals surface area contributed by atoms with E-state index in [2.05, 4.69) is 5.32 Å². The Hall–Kier alpha value is -1.60. The van der Waals surface area contributed by atoms with Crippen molar-refractivity contribution in [2.45, 2.75) is 129 Å². The molecule has 3 aliphatic rings. The number of aliphatic hydroxyl groups excluding tert-OH is 1. The zero-order valence-corrected chi connectivity index (χ0v) is 28.1. The van der Waals surface area contributed by atoms with Gasteiger partial charge in [0.1, 0.15) is 18.0 Å². The topological polar surface area (TPSA) is 142 Å². The first kappa shape index (κ1) is 35.9. The van der Waals surface area contributed by atoms with Crippen LogP contribution in [0.3, 0.4) is 0 Å². The van der Waals surface area contributed by atoms with Crippen molar-refractivity contribution in [2.75, 3.05) is 34.3 Å². The molecule has 3 rings (SSSR count). The molecule has 4 N–H and O–H groups in total. The van der Waals surface area contributed by atoms with Crippen LogP contribution in [0.4, 0.5) is 0 Å². The van der Waals surface area contributed by atoms with Crippen molar-refractivity contribution in [3.8, 4) is 0 Å². The maximum Gasteiger partial charge on any atom is 0.287 e. The largest absolute Gasteiger partial charge is 0.458 e. The number of methoxy groups -OCH3 is 1. The number of likely N-dealkylation sites (N-methyl/N-ethyl adjacent to an activating group) is 1. The number of carbonyl (C=O) groups excluding carboxylic acids is 2. The van der Waals surface area contributed by atoms with Crippen LogP contribution in [0, 0.1) is 17.8 Å². The van der Waals surface area contributed by atoms with E-state index in [0.717, 1.165) is 0 Å². The van der Waals surface area contributed by atoms with E-state index in [1.807, 2.05) is 60.5 Å². The van der Waals surface area contributed by atoms with Gasteiger partial charge in [0.25, 0.3) is 5.95 Å². The average Bonchev–Trinajstić information content (AvgIpc) is 3.32. The molecule has 2 fully saturated rings. The summed E-state index contributed by atoms with van der Waals surface area (Å²) in [7, 11) is 5.40. The van der Waals surface area contributed by atoms with Crippen molar-refractivity contribution in [1.29, 1.82) is 0 Å². The lowest BCUT2D eigenvalue weighted by Crippen LogP contribution is -2.61. The summed E-state index contributed by atoms with van der Waals surface area (Å²) in [6.45, 7) is 15.9. The highest BCUT2D eigenvalue weighted by Gasteiger charge is 2.56. The number of Topliss-reactive ketones (excluding diaryl/α,β-unsaturated/α-hetero) is 2. The van der Waals surface area contributed by atoms with Gasteiger partial charge in [0.2, 0.25) is 0 Å². The van der Waals surface area contributed by atoms with Gasteiger partial charge in [0, 0.05) is 50.4 Å². The number of nitrogens with zero attached hydrogens (tertiary/aromatic N) is 1. The summed E-state index contributed by atoms with van der Waals surface area (Å²) >= 11 is 0. The lowest BCUT2D eigenvalue weighted by molar-refractivity contribution is -0.277. The first-order valence-corrected chi connectivity index (χ1v) is 15.8. The maximum atomic E-state index is 14.3. The predicted molar refractivity (Wildman–Crippen MR) is 163 cm³/mol. The van der Waals surface area contributed by atoms with Crippen LogP contribution in [0.15, 0.2) is 11.5 Å². The van der Waals surface area contributed by atoms with Crippen molar-refractivity contribution < 1.29 is 38.4 Å². The van der Waals surface area contributed by atoms with Gasteiger partial charge in [0.15, 0.2) is 17.7 Å². The zero-order chi connectivity index (χ0) is 32.4.